The summed E-state index contributed by atoms with van der Waals surface area (Å²) in [6.45, 7) is 0. The van der Waals surface area contributed by atoms with E-state index in [2.05, 4.69) is 5.32 Å². The third-order valence-electron chi connectivity index (χ3n) is 2.49. The minimum Gasteiger partial charge on any atom is -0.357 e. The summed E-state index contributed by atoms with van der Waals surface area (Å²) in [6.07, 6.45) is 5.40. The number of fused-ring (bicyclic) bond motifs is 2. The molecule has 1 N–H and O–H groups in total. The number of benzene rings is 1. The Kier molecular flexibility index (Phi) is 1.92. The molecular weight excluding hydrogens is 206 g/mol. The maximum absolute atomic E-state index is 11.6. The molecule has 0 aromatic heterocycles. The second-order valence-corrected chi connectivity index (χ2v) is 4.65. The number of para-hydroxylation sites is 1. The molecule has 1 aromatic rings. The molecule has 2 nitrogen and oxygen atoms in total. The standard InChI is InChI=1S/C12H9NOS/c14-10-6-3-5-9-12(10)15-11-7-2-1-4-8(11)13-9/h1-7,12-13H. The molecule has 0 amide bonds. The first-order valence-corrected chi connectivity index (χ1v) is 5.67. The van der Waals surface area contributed by atoms with Crippen LogP contribution in [-0.2, 0) is 4.79 Å². The summed E-state index contributed by atoms with van der Waals surface area (Å²) in [5.41, 5.74) is 2.08. The number of carbonyl (C=O) groups excluding carboxylic acids is 1. The van der Waals surface area contributed by atoms with Crippen molar-refractivity contribution < 1.29 is 4.79 Å². The van der Waals surface area contributed by atoms with Crippen molar-refractivity contribution in [2.24, 2.45) is 0 Å². The summed E-state index contributed by atoms with van der Waals surface area (Å²) in [4.78, 5) is 12.8. The number of anilines is 1. The number of hydrogen-bond acceptors (Lipinski definition) is 3. The lowest BCUT2D eigenvalue weighted by molar-refractivity contribution is -0.113. The summed E-state index contributed by atoms with van der Waals surface area (Å²) in [7, 11) is 0. The molecule has 0 spiro atoms. The second kappa shape index (κ2) is 3.28. The fraction of sp³-hybridized carbons (Fsp3) is 0.0833. The molecule has 0 bridgehead atoms. The van der Waals surface area contributed by atoms with Gasteiger partial charge in [0.25, 0.3) is 0 Å². The van der Waals surface area contributed by atoms with Gasteiger partial charge in [-0.3, -0.25) is 4.79 Å². The number of ketones is 1. The van der Waals surface area contributed by atoms with Gasteiger partial charge in [-0.25, -0.2) is 0 Å². The largest absolute Gasteiger partial charge is 0.357 e. The van der Waals surface area contributed by atoms with E-state index in [4.69, 9.17) is 0 Å². The Hall–Kier alpha value is -1.48. The molecule has 1 aromatic carbocycles. The maximum Gasteiger partial charge on any atom is 0.174 e. The van der Waals surface area contributed by atoms with Crippen molar-refractivity contribution in [1.82, 2.24) is 0 Å². The Morgan fingerprint density at radius 3 is 3.07 bits per heavy atom. The molecule has 3 rings (SSSR count). The first kappa shape index (κ1) is 8.80. The smallest absolute Gasteiger partial charge is 0.174 e. The van der Waals surface area contributed by atoms with Crippen LogP contribution in [0.4, 0.5) is 5.69 Å². The number of thioether (sulfide) groups is 1. The lowest BCUT2D eigenvalue weighted by Gasteiger charge is -2.28. The molecule has 0 radical (unpaired) electrons. The Labute approximate surface area is 92.1 Å². The summed E-state index contributed by atoms with van der Waals surface area (Å²) in [5, 5.41) is 3.22. The number of nitrogens with one attached hydrogen (secondary N) is 1. The van der Waals surface area contributed by atoms with Crippen molar-refractivity contribution >= 4 is 23.2 Å². The van der Waals surface area contributed by atoms with E-state index in [9.17, 15) is 4.79 Å². The fourth-order valence-electron chi connectivity index (χ4n) is 1.76. The average Bonchev–Trinajstić information content (AvgIpc) is 2.27. The van der Waals surface area contributed by atoms with Gasteiger partial charge in [0.1, 0.15) is 5.25 Å². The third-order valence-corrected chi connectivity index (χ3v) is 3.82. The molecule has 3 heteroatoms. The summed E-state index contributed by atoms with van der Waals surface area (Å²) >= 11 is 1.62. The van der Waals surface area contributed by atoms with E-state index < -0.39 is 0 Å². The van der Waals surface area contributed by atoms with Crippen molar-refractivity contribution in [1.29, 1.82) is 0 Å². The van der Waals surface area contributed by atoms with Crippen molar-refractivity contribution in [3.63, 3.8) is 0 Å². The Balaban J connectivity index is 2.06. The van der Waals surface area contributed by atoms with Crippen molar-refractivity contribution in [2.75, 3.05) is 5.32 Å². The zero-order valence-corrected chi connectivity index (χ0v) is 8.75. The molecular formula is C12H9NOS. The second-order valence-electron chi connectivity index (χ2n) is 3.50. The van der Waals surface area contributed by atoms with Crippen LogP contribution in [0.2, 0.25) is 0 Å². The van der Waals surface area contributed by atoms with E-state index in [-0.39, 0.29) is 11.0 Å². The van der Waals surface area contributed by atoms with Crippen LogP contribution in [0, 0.1) is 0 Å². The molecule has 2 aliphatic rings. The zero-order chi connectivity index (χ0) is 10.3. The minimum atomic E-state index is -0.0788. The SMILES string of the molecule is O=C1C=CC=C2Nc3ccccc3SC12. The lowest BCUT2D eigenvalue weighted by Crippen LogP contribution is -2.27. The molecule has 0 saturated carbocycles. The average molecular weight is 215 g/mol. The Morgan fingerprint density at radius 2 is 2.13 bits per heavy atom. The van der Waals surface area contributed by atoms with Gasteiger partial charge >= 0.3 is 0 Å². The van der Waals surface area contributed by atoms with Gasteiger partial charge in [0.05, 0.1) is 5.69 Å². The van der Waals surface area contributed by atoms with E-state index in [0.29, 0.717) is 0 Å². The van der Waals surface area contributed by atoms with Crippen molar-refractivity contribution in [3.8, 4) is 0 Å². The van der Waals surface area contributed by atoms with E-state index in [1.165, 1.54) is 0 Å². The molecule has 1 aliphatic carbocycles. The van der Waals surface area contributed by atoms with Crippen LogP contribution in [0.1, 0.15) is 0 Å². The first-order chi connectivity index (χ1) is 7.34. The van der Waals surface area contributed by atoms with Gasteiger partial charge in [0, 0.05) is 10.6 Å². The van der Waals surface area contributed by atoms with Crippen LogP contribution in [0.3, 0.4) is 0 Å². The van der Waals surface area contributed by atoms with Gasteiger partial charge in [-0.05, 0) is 24.3 Å². The molecule has 15 heavy (non-hydrogen) atoms. The van der Waals surface area contributed by atoms with E-state index >= 15 is 0 Å². The van der Waals surface area contributed by atoms with Crippen LogP contribution in [0.25, 0.3) is 0 Å². The van der Waals surface area contributed by atoms with Crippen LogP contribution in [0.15, 0.2) is 53.1 Å². The van der Waals surface area contributed by atoms with Crippen LogP contribution < -0.4 is 5.32 Å². The lowest BCUT2D eigenvalue weighted by atomic mass is 10.1. The normalized spacial score (nSPS) is 22.5. The van der Waals surface area contributed by atoms with Crippen molar-refractivity contribution in [2.45, 2.75) is 10.1 Å². The van der Waals surface area contributed by atoms with Crippen LogP contribution >= 0.6 is 11.8 Å². The van der Waals surface area contributed by atoms with Gasteiger partial charge in [-0.2, -0.15) is 0 Å². The van der Waals surface area contributed by atoms with E-state index in [1.54, 1.807) is 23.9 Å². The molecule has 1 heterocycles. The number of carbonyl (C=O) groups is 1. The maximum atomic E-state index is 11.6. The highest BCUT2D eigenvalue weighted by atomic mass is 32.2. The topological polar surface area (TPSA) is 29.1 Å². The predicted octanol–water partition coefficient (Wildman–Crippen LogP) is 2.60. The van der Waals surface area contributed by atoms with Gasteiger partial charge in [0.2, 0.25) is 0 Å². The summed E-state index contributed by atoms with van der Waals surface area (Å²) in [5.74, 6) is 0.166. The van der Waals surface area contributed by atoms with Gasteiger partial charge in [-0.15, -0.1) is 11.8 Å². The fourth-order valence-corrected chi connectivity index (χ4v) is 2.87. The quantitative estimate of drug-likeness (QED) is 0.721. The number of rotatable bonds is 0. The Bertz CT molecular complexity index is 490. The van der Waals surface area contributed by atoms with Gasteiger partial charge < -0.3 is 5.32 Å². The van der Waals surface area contributed by atoms with Crippen LogP contribution in [-0.4, -0.2) is 11.0 Å². The summed E-state index contributed by atoms with van der Waals surface area (Å²) < 4.78 is 0. The third kappa shape index (κ3) is 1.39. The highest BCUT2D eigenvalue weighted by Crippen LogP contribution is 2.40. The highest BCUT2D eigenvalue weighted by molar-refractivity contribution is 8.01. The molecule has 74 valence electrons. The molecule has 1 unspecified atom stereocenters. The molecule has 0 fully saturated rings. The van der Waals surface area contributed by atoms with Crippen LogP contribution in [0.5, 0.6) is 0 Å². The van der Waals surface area contributed by atoms with E-state index in [0.717, 1.165) is 16.3 Å². The summed E-state index contributed by atoms with van der Waals surface area (Å²) in [6, 6.07) is 8.05. The number of allylic oxidation sites excluding steroid dienone is 3. The molecule has 0 saturated heterocycles. The Morgan fingerprint density at radius 1 is 1.27 bits per heavy atom. The minimum absolute atomic E-state index is 0.0788. The monoisotopic (exact) mass is 215 g/mol. The van der Waals surface area contributed by atoms with Gasteiger partial charge in [-0.1, -0.05) is 18.2 Å². The van der Waals surface area contributed by atoms with Crippen molar-refractivity contribution in [3.05, 3.63) is 48.2 Å². The zero-order valence-electron chi connectivity index (χ0n) is 7.94. The van der Waals surface area contributed by atoms with E-state index in [1.807, 2.05) is 30.3 Å². The first-order valence-electron chi connectivity index (χ1n) is 4.79. The molecule has 1 aliphatic heterocycles. The van der Waals surface area contributed by atoms with Gasteiger partial charge in [0.15, 0.2) is 5.78 Å². The highest BCUT2D eigenvalue weighted by Gasteiger charge is 2.29. The molecule has 1 atom stereocenters. The predicted molar refractivity (Wildman–Crippen MR) is 61.9 cm³/mol. The number of hydrogen-bond donors (Lipinski definition) is 1.